The molecule has 1 heterocycles. The number of aliphatic carboxylic acids is 1. The standard InChI is InChI=1S/C12H17N3O3/c1-13-10(12(17)18)11(16)15(2)8-5-9-3-6-14-7-4-9/h3-4,6-7,10,13H,5,8H2,1-2H3,(H,17,18). The van der Waals surface area contributed by atoms with Crippen molar-refractivity contribution in [2.24, 2.45) is 0 Å². The van der Waals surface area contributed by atoms with Crippen molar-refractivity contribution < 1.29 is 14.7 Å². The van der Waals surface area contributed by atoms with E-state index in [-0.39, 0.29) is 0 Å². The lowest BCUT2D eigenvalue weighted by Crippen LogP contribution is -2.48. The lowest BCUT2D eigenvalue weighted by Gasteiger charge is -2.21. The van der Waals surface area contributed by atoms with Crippen LogP contribution in [0.25, 0.3) is 0 Å². The Balaban J connectivity index is 2.52. The number of likely N-dealkylation sites (N-methyl/N-ethyl adjacent to an activating group) is 2. The van der Waals surface area contributed by atoms with Crippen LogP contribution < -0.4 is 5.32 Å². The van der Waals surface area contributed by atoms with Crippen LogP contribution in [-0.4, -0.2) is 53.5 Å². The number of hydrogen-bond donors (Lipinski definition) is 2. The summed E-state index contributed by atoms with van der Waals surface area (Å²) >= 11 is 0. The molecule has 98 valence electrons. The summed E-state index contributed by atoms with van der Waals surface area (Å²) in [5, 5.41) is 11.3. The molecular formula is C12H17N3O3. The number of carbonyl (C=O) groups is 2. The molecule has 0 spiro atoms. The number of carboxylic acid groups (broad SMARTS) is 1. The van der Waals surface area contributed by atoms with Crippen molar-refractivity contribution >= 4 is 11.9 Å². The van der Waals surface area contributed by atoms with Gasteiger partial charge in [-0.1, -0.05) is 0 Å². The molecule has 0 fully saturated rings. The van der Waals surface area contributed by atoms with Gasteiger partial charge in [0.1, 0.15) is 0 Å². The predicted molar refractivity (Wildman–Crippen MR) is 66.1 cm³/mol. The number of pyridine rings is 1. The van der Waals surface area contributed by atoms with Gasteiger partial charge in [0.15, 0.2) is 6.04 Å². The van der Waals surface area contributed by atoms with Gasteiger partial charge < -0.3 is 10.0 Å². The number of aromatic nitrogens is 1. The van der Waals surface area contributed by atoms with E-state index in [9.17, 15) is 9.59 Å². The SMILES string of the molecule is CNC(C(=O)O)C(=O)N(C)CCc1ccncc1. The molecule has 1 amide bonds. The van der Waals surface area contributed by atoms with Crippen molar-refractivity contribution in [2.45, 2.75) is 12.5 Å². The van der Waals surface area contributed by atoms with Gasteiger partial charge in [0.25, 0.3) is 5.91 Å². The Labute approximate surface area is 106 Å². The first-order valence-electron chi connectivity index (χ1n) is 5.60. The van der Waals surface area contributed by atoms with E-state index >= 15 is 0 Å². The summed E-state index contributed by atoms with van der Waals surface area (Å²) in [6.45, 7) is 0.467. The number of nitrogens with one attached hydrogen (secondary N) is 1. The average molecular weight is 251 g/mol. The molecule has 0 radical (unpaired) electrons. The van der Waals surface area contributed by atoms with E-state index in [0.717, 1.165) is 5.56 Å². The van der Waals surface area contributed by atoms with Gasteiger partial charge in [0.05, 0.1) is 0 Å². The molecular weight excluding hydrogens is 234 g/mol. The summed E-state index contributed by atoms with van der Waals surface area (Å²) in [6.07, 6.45) is 4.04. The summed E-state index contributed by atoms with van der Waals surface area (Å²) in [5.41, 5.74) is 1.06. The zero-order valence-electron chi connectivity index (χ0n) is 10.5. The van der Waals surface area contributed by atoms with E-state index in [1.54, 1.807) is 19.4 Å². The second kappa shape index (κ2) is 6.70. The summed E-state index contributed by atoms with van der Waals surface area (Å²) < 4.78 is 0. The van der Waals surface area contributed by atoms with Crippen molar-refractivity contribution in [3.63, 3.8) is 0 Å². The Morgan fingerprint density at radius 2 is 2.06 bits per heavy atom. The maximum Gasteiger partial charge on any atom is 0.330 e. The first-order chi connectivity index (χ1) is 8.56. The van der Waals surface area contributed by atoms with Crippen molar-refractivity contribution in [1.29, 1.82) is 0 Å². The molecule has 0 aliphatic carbocycles. The Hall–Kier alpha value is -1.95. The third kappa shape index (κ3) is 3.81. The topological polar surface area (TPSA) is 82.5 Å². The second-order valence-corrected chi connectivity index (χ2v) is 3.93. The van der Waals surface area contributed by atoms with Crippen molar-refractivity contribution in [3.8, 4) is 0 Å². The summed E-state index contributed by atoms with van der Waals surface area (Å²) in [4.78, 5) is 28.0. The van der Waals surface area contributed by atoms with Crippen LogP contribution in [-0.2, 0) is 16.0 Å². The Morgan fingerprint density at radius 1 is 1.44 bits per heavy atom. The van der Waals surface area contributed by atoms with Crippen molar-refractivity contribution in [2.75, 3.05) is 20.6 Å². The fourth-order valence-corrected chi connectivity index (χ4v) is 1.53. The summed E-state index contributed by atoms with van der Waals surface area (Å²) in [6, 6.07) is 2.54. The number of carbonyl (C=O) groups excluding carboxylic acids is 1. The van der Waals surface area contributed by atoms with E-state index in [0.29, 0.717) is 13.0 Å². The lowest BCUT2D eigenvalue weighted by molar-refractivity contribution is -0.147. The molecule has 0 saturated carbocycles. The van der Waals surface area contributed by atoms with Gasteiger partial charge in [-0.25, -0.2) is 4.79 Å². The fourth-order valence-electron chi connectivity index (χ4n) is 1.53. The molecule has 0 saturated heterocycles. The van der Waals surface area contributed by atoms with Crippen LogP contribution in [0.3, 0.4) is 0 Å². The Kier molecular flexibility index (Phi) is 5.26. The highest BCUT2D eigenvalue weighted by Crippen LogP contribution is 2.00. The number of rotatable bonds is 6. The van der Waals surface area contributed by atoms with E-state index < -0.39 is 17.9 Å². The first kappa shape index (κ1) is 14.1. The van der Waals surface area contributed by atoms with Crippen molar-refractivity contribution in [1.82, 2.24) is 15.2 Å². The highest BCUT2D eigenvalue weighted by atomic mass is 16.4. The molecule has 0 aromatic carbocycles. The lowest BCUT2D eigenvalue weighted by atomic mass is 10.2. The minimum Gasteiger partial charge on any atom is -0.480 e. The molecule has 1 rings (SSSR count). The highest BCUT2D eigenvalue weighted by Gasteiger charge is 2.26. The van der Waals surface area contributed by atoms with Crippen LogP contribution in [0.2, 0.25) is 0 Å². The molecule has 6 heteroatoms. The molecule has 6 nitrogen and oxygen atoms in total. The van der Waals surface area contributed by atoms with E-state index in [2.05, 4.69) is 10.3 Å². The van der Waals surface area contributed by atoms with Crippen LogP contribution in [0.4, 0.5) is 0 Å². The second-order valence-electron chi connectivity index (χ2n) is 3.93. The van der Waals surface area contributed by atoms with Crippen LogP contribution in [0.1, 0.15) is 5.56 Å². The maximum absolute atomic E-state index is 11.8. The molecule has 0 aliphatic heterocycles. The Bertz CT molecular complexity index is 408. The van der Waals surface area contributed by atoms with Gasteiger partial charge in [-0.2, -0.15) is 0 Å². The molecule has 2 N–H and O–H groups in total. The largest absolute Gasteiger partial charge is 0.480 e. The van der Waals surface area contributed by atoms with Gasteiger partial charge in [0.2, 0.25) is 0 Å². The van der Waals surface area contributed by atoms with Gasteiger partial charge in [-0.05, 0) is 31.2 Å². The summed E-state index contributed by atoms with van der Waals surface area (Å²) in [5.74, 6) is -1.61. The molecule has 18 heavy (non-hydrogen) atoms. The van der Waals surface area contributed by atoms with E-state index in [4.69, 9.17) is 5.11 Å². The fraction of sp³-hybridized carbons (Fsp3) is 0.417. The molecule has 1 aromatic heterocycles. The third-order valence-electron chi connectivity index (χ3n) is 2.64. The predicted octanol–water partition coefficient (Wildman–Crippen LogP) is -0.245. The first-order valence-corrected chi connectivity index (χ1v) is 5.60. The van der Waals surface area contributed by atoms with Gasteiger partial charge in [0, 0.05) is 26.0 Å². The van der Waals surface area contributed by atoms with E-state index in [1.807, 2.05) is 12.1 Å². The zero-order valence-corrected chi connectivity index (χ0v) is 10.5. The van der Waals surface area contributed by atoms with Crippen LogP contribution >= 0.6 is 0 Å². The molecule has 1 aromatic rings. The maximum atomic E-state index is 11.8. The third-order valence-corrected chi connectivity index (χ3v) is 2.64. The number of carboxylic acids is 1. The monoisotopic (exact) mass is 251 g/mol. The van der Waals surface area contributed by atoms with Crippen LogP contribution in [0, 0.1) is 0 Å². The highest BCUT2D eigenvalue weighted by molar-refractivity contribution is 6.00. The van der Waals surface area contributed by atoms with E-state index in [1.165, 1.54) is 11.9 Å². The van der Waals surface area contributed by atoms with Gasteiger partial charge in [-0.3, -0.25) is 15.1 Å². The minimum atomic E-state index is -1.19. The molecule has 0 aliphatic rings. The number of amides is 1. The number of nitrogens with zero attached hydrogens (tertiary/aromatic N) is 2. The minimum absolute atomic E-state index is 0.445. The molecule has 1 unspecified atom stereocenters. The van der Waals surface area contributed by atoms with Crippen molar-refractivity contribution in [3.05, 3.63) is 30.1 Å². The number of hydrogen-bond acceptors (Lipinski definition) is 4. The molecule has 1 atom stereocenters. The zero-order chi connectivity index (χ0) is 13.5. The smallest absolute Gasteiger partial charge is 0.330 e. The van der Waals surface area contributed by atoms with Gasteiger partial charge in [-0.15, -0.1) is 0 Å². The average Bonchev–Trinajstić information content (AvgIpc) is 2.37. The van der Waals surface area contributed by atoms with Gasteiger partial charge >= 0.3 is 5.97 Å². The summed E-state index contributed by atoms with van der Waals surface area (Å²) in [7, 11) is 3.05. The van der Waals surface area contributed by atoms with Crippen LogP contribution in [0.15, 0.2) is 24.5 Å². The molecule has 0 bridgehead atoms. The normalized spacial score (nSPS) is 11.9. The Morgan fingerprint density at radius 3 is 2.56 bits per heavy atom. The van der Waals surface area contributed by atoms with Crippen LogP contribution in [0.5, 0.6) is 0 Å². The quantitative estimate of drug-likeness (QED) is 0.682.